The number of hydrogen-bond acceptors (Lipinski definition) is 6. The van der Waals surface area contributed by atoms with E-state index in [4.69, 9.17) is 9.47 Å². The summed E-state index contributed by atoms with van der Waals surface area (Å²) in [6.07, 6.45) is 0.779. The number of nitrogens with zero attached hydrogens (tertiary/aromatic N) is 1. The van der Waals surface area contributed by atoms with Gasteiger partial charge in [-0.1, -0.05) is 6.58 Å². The lowest BCUT2D eigenvalue weighted by atomic mass is 9.93. The first-order valence-corrected chi connectivity index (χ1v) is 8.00. The SMILES string of the molecule is C=C(C(=O)OC)C(OC(C)=O)C1CCCCN1C(=O)OC(C)(C)C. The Morgan fingerprint density at radius 3 is 2.33 bits per heavy atom. The molecule has 2 atom stereocenters. The van der Waals surface area contributed by atoms with Crippen LogP contribution in [0.3, 0.4) is 0 Å². The number of carbonyl (C=O) groups excluding carboxylic acids is 3. The number of rotatable bonds is 4. The van der Waals surface area contributed by atoms with Crippen molar-refractivity contribution in [1.29, 1.82) is 0 Å². The van der Waals surface area contributed by atoms with E-state index in [1.54, 1.807) is 20.8 Å². The number of esters is 2. The Kier molecular flexibility index (Phi) is 6.81. The maximum Gasteiger partial charge on any atom is 0.410 e. The Morgan fingerprint density at radius 1 is 1.21 bits per heavy atom. The summed E-state index contributed by atoms with van der Waals surface area (Å²) in [5.74, 6) is -1.23. The first-order valence-electron chi connectivity index (χ1n) is 8.00. The van der Waals surface area contributed by atoms with Gasteiger partial charge < -0.3 is 19.1 Å². The van der Waals surface area contributed by atoms with Crippen LogP contribution in [-0.2, 0) is 23.8 Å². The highest BCUT2D eigenvalue weighted by molar-refractivity contribution is 5.89. The lowest BCUT2D eigenvalue weighted by molar-refractivity contribution is -0.150. The molecular weight excluding hydrogens is 314 g/mol. The van der Waals surface area contributed by atoms with Crippen LogP contribution in [-0.4, -0.2) is 54.3 Å². The fourth-order valence-corrected chi connectivity index (χ4v) is 2.63. The van der Waals surface area contributed by atoms with Gasteiger partial charge in [-0.3, -0.25) is 4.79 Å². The van der Waals surface area contributed by atoms with Crippen LogP contribution < -0.4 is 0 Å². The lowest BCUT2D eigenvalue weighted by Crippen LogP contribution is -2.53. The van der Waals surface area contributed by atoms with Crippen molar-refractivity contribution < 1.29 is 28.6 Å². The minimum atomic E-state index is -0.956. The zero-order valence-electron chi connectivity index (χ0n) is 15.1. The van der Waals surface area contributed by atoms with E-state index in [1.807, 2.05) is 0 Å². The zero-order valence-corrected chi connectivity index (χ0v) is 15.1. The molecule has 1 aliphatic rings. The predicted molar refractivity (Wildman–Crippen MR) is 87.3 cm³/mol. The van der Waals surface area contributed by atoms with Crippen molar-refractivity contribution in [3.63, 3.8) is 0 Å². The van der Waals surface area contributed by atoms with Crippen LogP contribution in [0.25, 0.3) is 0 Å². The summed E-state index contributed by atoms with van der Waals surface area (Å²) in [7, 11) is 1.23. The zero-order chi connectivity index (χ0) is 18.5. The topological polar surface area (TPSA) is 82.1 Å². The minimum absolute atomic E-state index is 0.00755. The van der Waals surface area contributed by atoms with E-state index in [2.05, 4.69) is 11.3 Å². The molecule has 1 amide bonds. The summed E-state index contributed by atoms with van der Waals surface area (Å²) >= 11 is 0. The highest BCUT2D eigenvalue weighted by atomic mass is 16.6. The Labute approximate surface area is 142 Å². The minimum Gasteiger partial charge on any atom is -0.466 e. The van der Waals surface area contributed by atoms with E-state index in [0.717, 1.165) is 12.8 Å². The van der Waals surface area contributed by atoms with Gasteiger partial charge in [0.25, 0.3) is 0 Å². The van der Waals surface area contributed by atoms with E-state index in [0.29, 0.717) is 13.0 Å². The smallest absolute Gasteiger partial charge is 0.410 e. The summed E-state index contributed by atoms with van der Waals surface area (Å²) in [6.45, 7) is 10.7. The lowest BCUT2D eigenvalue weighted by Gasteiger charge is -2.40. The Morgan fingerprint density at radius 2 is 1.83 bits per heavy atom. The second kappa shape index (κ2) is 8.17. The van der Waals surface area contributed by atoms with Crippen molar-refractivity contribution >= 4 is 18.0 Å². The predicted octanol–water partition coefficient (Wildman–Crippen LogP) is 2.44. The van der Waals surface area contributed by atoms with Crippen LogP contribution in [0.5, 0.6) is 0 Å². The molecule has 1 aliphatic heterocycles. The molecule has 0 spiro atoms. The van der Waals surface area contributed by atoms with E-state index in [9.17, 15) is 14.4 Å². The molecule has 24 heavy (non-hydrogen) atoms. The van der Waals surface area contributed by atoms with Gasteiger partial charge in [-0.25, -0.2) is 9.59 Å². The third-order valence-corrected chi connectivity index (χ3v) is 3.61. The van der Waals surface area contributed by atoms with E-state index in [-0.39, 0.29) is 5.57 Å². The summed E-state index contributed by atoms with van der Waals surface area (Å²) in [6, 6.07) is -0.510. The van der Waals surface area contributed by atoms with Gasteiger partial charge in [-0.2, -0.15) is 0 Å². The summed E-state index contributed by atoms with van der Waals surface area (Å²) < 4.78 is 15.4. The largest absolute Gasteiger partial charge is 0.466 e. The molecule has 0 aromatic heterocycles. The van der Waals surface area contributed by atoms with Crippen LogP contribution in [0.1, 0.15) is 47.0 Å². The van der Waals surface area contributed by atoms with Crippen LogP contribution >= 0.6 is 0 Å². The molecule has 1 rings (SSSR count). The molecule has 2 unspecified atom stereocenters. The van der Waals surface area contributed by atoms with Gasteiger partial charge in [0, 0.05) is 13.5 Å². The quantitative estimate of drug-likeness (QED) is 0.444. The normalized spacial score (nSPS) is 19.2. The Balaban J connectivity index is 3.06. The Bertz CT molecular complexity index is 508. The van der Waals surface area contributed by atoms with Crippen LogP contribution in [0, 0.1) is 0 Å². The number of ether oxygens (including phenoxy) is 3. The first-order chi connectivity index (χ1) is 11.1. The molecule has 0 aliphatic carbocycles. The molecule has 0 aromatic carbocycles. The van der Waals surface area contributed by atoms with Crippen molar-refractivity contribution in [3.8, 4) is 0 Å². The van der Waals surface area contributed by atoms with Crippen LogP contribution in [0.15, 0.2) is 12.2 Å². The van der Waals surface area contributed by atoms with Gasteiger partial charge in [-0.05, 0) is 40.0 Å². The maximum atomic E-state index is 12.5. The second-order valence-electron chi connectivity index (χ2n) is 6.78. The third-order valence-electron chi connectivity index (χ3n) is 3.61. The van der Waals surface area contributed by atoms with Crippen molar-refractivity contribution in [3.05, 3.63) is 12.2 Å². The molecule has 136 valence electrons. The Hall–Kier alpha value is -2.05. The van der Waals surface area contributed by atoms with Gasteiger partial charge >= 0.3 is 18.0 Å². The standard InChI is InChI=1S/C17H27NO6/c1-11(15(20)22-6)14(23-12(2)19)13-9-7-8-10-18(13)16(21)24-17(3,4)5/h13-14H,1,7-10H2,2-6H3. The van der Waals surface area contributed by atoms with E-state index >= 15 is 0 Å². The van der Waals surface area contributed by atoms with Gasteiger partial charge in [0.1, 0.15) is 5.60 Å². The average molecular weight is 341 g/mol. The summed E-state index contributed by atoms with van der Waals surface area (Å²) in [4.78, 5) is 37.3. The number of methoxy groups -OCH3 is 1. The first kappa shape index (κ1) is 20.0. The number of likely N-dealkylation sites (tertiary alicyclic amines) is 1. The molecule has 0 radical (unpaired) electrons. The monoisotopic (exact) mass is 341 g/mol. The number of carbonyl (C=O) groups is 3. The average Bonchev–Trinajstić information content (AvgIpc) is 2.49. The molecule has 1 fully saturated rings. The highest BCUT2D eigenvalue weighted by Crippen LogP contribution is 2.27. The van der Waals surface area contributed by atoms with E-state index < -0.39 is 35.8 Å². The maximum absolute atomic E-state index is 12.5. The second-order valence-corrected chi connectivity index (χ2v) is 6.78. The molecule has 0 N–H and O–H groups in total. The highest BCUT2D eigenvalue weighted by Gasteiger charge is 2.40. The molecule has 1 heterocycles. The van der Waals surface area contributed by atoms with Crippen molar-refractivity contribution in [2.45, 2.75) is 64.7 Å². The van der Waals surface area contributed by atoms with Crippen molar-refractivity contribution in [1.82, 2.24) is 4.90 Å². The molecule has 0 bridgehead atoms. The molecular formula is C17H27NO6. The van der Waals surface area contributed by atoms with Crippen molar-refractivity contribution in [2.75, 3.05) is 13.7 Å². The van der Waals surface area contributed by atoms with Gasteiger partial charge in [-0.15, -0.1) is 0 Å². The number of amides is 1. The van der Waals surface area contributed by atoms with Gasteiger partial charge in [0.05, 0.1) is 18.7 Å². The van der Waals surface area contributed by atoms with Crippen molar-refractivity contribution in [2.24, 2.45) is 0 Å². The van der Waals surface area contributed by atoms with Gasteiger partial charge in [0.15, 0.2) is 6.10 Å². The molecule has 1 saturated heterocycles. The molecule has 0 saturated carbocycles. The molecule has 7 heteroatoms. The number of hydrogen-bond donors (Lipinski definition) is 0. The fraction of sp³-hybridized carbons (Fsp3) is 0.706. The molecule has 7 nitrogen and oxygen atoms in total. The molecule has 0 aromatic rings. The summed E-state index contributed by atoms with van der Waals surface area (Å²) in [5, 5.41) is 0. The van der Waals surface area contributed by atoms with Crippen LogP contribution in [0.4, 0.5) is 4.79 Å². The summed E-state index contributed by atoms with van der Waals surface area (Å²) in [5.41, 5.74) is -0.636. The van der Waals surface area contributed by atoms with Gasteiger partial charge in [0.2, 0.25) is 0 Å². The number of piperidine rings is 1. The van der Waals surface area contributed by atoms with E-state index in [1.165, 1.54) is 18.9 Å². The third kappa shape index (κ3) is 5.54. The fourth-order valence-electron chi connectivity index (χ4n) is 2.63. The van der Waals surface area contributed by atoms with Crippen LogP contribution in [0.2, 0.25) is 0 Å².